The van der Waals surface area contributed by atoms with Gasteiger partial charge in [0.1, 0.15) is 0 Å². The quantitative estimate of drug-likeness (QED) is 0.210. The molecule has 2 aliphatic rings. The van der Waals surface area contributed by atoms with Gasteiger partial charge in [-0.25, -0.2) is 0 Å². The van der Waals surface area contributed by atoms with Gasteiger partial charge in [-0.1, -0.05) is 139 Å². The molecule has 2 aliphatic carbocycles. The van der Waals surface area contributed by atoms with Crippen LogP contribution in [0.2, 0.25) is 0 Å². The van der Waals surface area contributed by atoms with Gasteiger partial charge >= 0.3 is 26.2 Å². The summed E-state index contributed by atoms with van der Waals surface area (Å²) in [6, 6.07) is 25.7. The van der Waals surface area contributed by atoms with E-state index >= 15 is 0 Å². The summed E-state index contributed by atoms with van der Waals surface area (Å²) in [5, 5.41) is 2.71. The molecule has 0 saturated carbocycles. The van der Waals surface area contributed by atoms with E-state index in [0.29, 0.717) is 5.92 Å². The molecule has 45 heavy (non-hydrogen) atoms. The number of hydrogen-bond donors (Lipinski definition) is 0. The maximum absolute atomic E-state index is 2.61. The van der Waals surface area contributed by atoms with Gasteiger partial charge in [0.15, 0.2) is 0 Å². The number of benzene rings is 4. The van der Waals surface area contributed by atoms with Gasteiger partial charge in [-0.05, 0) is 110 Å². The molecule has 1 atom stereocenters. The van der Waals surface area contributed by atoms with Crippen molar-refractivity contribution in [2.45, 2.75) is 104 Å². The second kappa shape index (κ2) is 14.5. The van der Waals surface area contributed by atoms with Crippen LogP contribution in [0.25, 0.3) is 21.9 Å². The standard InChI is InChI=1S/C42H48.2ClH.Zr/c1-9-10-14-28-21-27(2)34(22-28)40-38(24-30-17-13-16-29-15-11-12-18-33(29)30)36-23-31-19-20-32(41(3,4)5)25-35(31)37(36)26-39(40)42(6,7)8;;;/h11-13,15-22,25-26,34H,9-10,14,23-24H2,1-8H3;2*1H;/q;;;+2/p-2. The molecule has 0 spiro atoms. The molecule has 0 bridgehead atoms. The van der Waals surface area contributed by atoms with Crippen LogP contribution in [0.15, 0.2) is 90.0 Å². The Labute approximate surface area is 304 Å². The van der Waals surface area contributed by atoms with Crippen molar-refractivity contribution in [2.75, 3.05) is 0 Å². The van der Waals surface area contributed by atoms with E-state index in [1.165, 1.54) is 74.6 Å². The summed E-state index contributed by atoms with van der Waals surface area (Å²) in [6.45, 7) is 18.9. The van der Waals surface area contributed by atoms with Crippen molar-refractivity contribution in [2.24, 2.45) is 0 Å². The van der Waals surface area contributed by atoms with E-state index < -0.39 is 0 Å². The number of rotatable bonds is 6. The van der Waals surface area contributed by atoms with Crippen molar-refractivity contribution in [1.29, 1.82) is 0 Å². The third kappa shape index (κ3) is 7.32. The summed E-state index contributed by atoms with van der Waals surface area (Å²) in [7, 11) is 0. The molecule has 234 valence electrons. The van der Waals surface area contributed by atoms with Gasteiger partial charge in [-0.2, -0.15) is 0 Å². The summed E-state index contributed by atoms with van der Waals surface area (Å²) in [6.07, 6.45) is 10.8. The SMILES string of the molecule is CCCCC1=CC(c2c(C(C)(C)C)cc3c(c2Cc2cccc4ccccc24)Cc2ccc(C(C)(C)C)cc2-3)C(C)=C1.[Cl-].[Cl-].[Zr+2]. The largest absolute Gasteiger partial charge is 2.00 e. The molecule has 6 rings (SSSR count). The second-order valence-corrected chi connectivity index (χ2v) is 14.9. The van der Waals surface area contributed by atoms with E-state index in [1.54, 1.807) is 16.7 Å². The van der Waals surface area contributed by atoms with Crippen LogP contribution < -0.4 is 24.8 Å². The zero-order valence-electron chi connectivity index (χ0n) is 28.4. The number of allylic oxidation sites excluding steroid dienone is 4. The van der Waals surface area contributed by atoms with Gasteiger partial charge in [0.05, 0.1) is 0 Å². The molecule has 0 aliphatic heterocycles. The van der Waals surface area contributed by atoms with Crippen LogP contribution >= 0.6 is 0 Å². The molecule has 0 radical (unpaired) electrons. The molecule has 0 fully saturated rings. The summed E-state index contributed by atoms with van der Waals surface area (Å²) < 4.78 is 0. The predicted molar refractivity (Wildman–Crippen MR) is 183 cm³/mol. The van der Waals surface area contributed by atoms with E-state index in [4.69, 9.17) is 0 Å². The third-order valence-corrected chi connectivity index (χ3v) is 9.70. The van der Waals surface area contributed by atoms with Crippen molar-refractivity contribution in [1.82, 2.24) is 0 Å². The van der Waals surface area contributed by atoms with Gasteiger partial charge in [0.2, 0.25) is 0 Å². The average Bonchev–Trinajstić information content (AvgIpc) is 3.50. The minimum Gasteiger partial charge on any atom is -1.00 e. The third-order valence-electron chi connectivity index (χ3n) is 9.70. The maximum atomic E-state index is 2.61. The van der Waals surface area contributed by atoms with Crippen molar-refractivity contribution >= 4 is 10.8 Å². The Balaban J connectivity index is 0.00000184. The normalized spacial score (nSPS) is 15.3. The Morgan fingerprint density at radius 2 is 1.51 bits per heavy atom. The van der Waals surface area contributed by atoms with E-state index in [1.807, 2.05) is 0 Å². The number of hydrogen-bond acceptors (Lipinski definition) is 0. The summed E-state index contributed by atoms with van der Waals surface area (Å²) in [4.78, 5) is 0. The first-order valence-corrected chi connectivity index (χ1v) is 16.1. The van der Waals surface area contributed by atoms with Gasteiger partial charge in [0.25, 0.3) is 0 Å². The number of halogens is 2. The first-order chi connectivity index (χ1) is 20.0. The van der Waals surface area contributed by atoms with Crippen LogP contribution in [-0.2, 0) is 49.9 Å². The fourth-order valence-electron chi connectivity index (χ4n) is 7.32. The summed E-state index contributed by atoms with van der Waals surface area (Å²) >= 11 is 0. The van der Waals surface area contributed by atoms with Gasteiger partial charge in [-0.15, -0.1) is 0 Å². The average molecular weight is 715 g/mol. The van der Waals surface area contributed by atoms with Crippen molar-refractivity contribution in [3.05, 3.63) is 129 Å². The van der Waals surface area contributed by atoms with Crippen molar-refractivity contribution < 1.29 is 51.0 Å². The molecule has 1 unspecified atom stereocenters. The fourth-order valence-corrected chi connectivity index (χ4v) is 7.32. The number of unbranched alkanes of at least 4 members (excludes halogenated alkanes) is 1. The molecule has 4 aromatic carbocycles. The molecular formula is C42H48Cl2Zr. The van der Waals surface area contributed by atoms with Crippen molar-refractivity contribution in [3.8, 4) is 11.1 Å². The Kier molecular flexibility index (Phi) is 12.1. The van der Waals surface area contributed by atoms with Crippen LogP contribution in [-0.4, -0.2) is 0 Å². The van der Waals surface area contributed by atoms with E-state index in [2.05, 4.69) is 134 Å². The minimum absolute atomic E-state index is 0. The Morgan fingerprint density at radius 3 is 2.20 bits per heavy atom. The van der Waals surface area contributed by atoms with Crippen molar-refractivity contribution in [3.63, 3.8) is 0 Å². The first-order valence-electron chi connectivity index (χ1n) is 16.1. The Hall–Kier alpha value is -1.92. The van der Waals surface area contributed by atoms with E-state index in [0.717, 1.165) is 12.8 Å². The molecule has 0 amide bonds. The smallest absolute Gasteiger partial charge is 1.00 e. The second-order valence-electron chi connectivity index (χ2n) is 14.9. The Bertz CT molecular complexity index is 1740. The van der Waals surface area contributed by atoms with E-state index in [9.17, 15) is 0 Å². The molecule has 3 heteroatoms. The van der Waals surface area contributed by atoms with Gasteiger partial charge in [0, 0.05) is 5.92 Å². The molecule has 0 heterocycles. The molecule has 0 N–H and O–H groups in total. The molecule has 0 nitrogen and oxygen atoms in total. The molecular weight excluding hydrogens is 667 g/mol. The predicted octanol–water partition coefficient (Wildman–Crippen LogP) is 5.76. The Morgan fingerprint density at radius 1 is 0.800 bits per heavy atom. The monoisotopic (exact) mass is 712 g/mol. The zero-order chi connectivity index (χ0) is 29.8. The van der Waals surface area contributed by atoms with Crippen LogP contribution in [0.3, 0.4) is 0 Å². The molecule has 4 aromatic rings. The first kappa shape index (κ1) is 37.5. The van der Waals surface area contributed by atoms with Crippen LogP contribution in [0.5, 0.6) is 0 Å². The van der Waals surface area contributed by atoms with Crippen LogP contribution in [0.4, 0.5) is 0 Å². The molecule has 0 saturated heterocycles. The number of fused-ring (bicyclic) bond motifs is 4. The topological polar surface area (TPSA) is 0 Å². The van der Waals surface area contributed by atoms with Gasteiger partial charge < -0.3 is 24.8 Å². The summed E-state index contributed by atoms with van der Waals surface area (Å²) in [5.74, 6) is 0.343. The van der Waals surface area contributed by atoms with Crippen LogP contribution in [0.1, 0.15) is 120 Å². The fraction of sp³-hybridized carbons (Fsp3) is 0.381. The van der Waals surface area contributed by atoms with E-state index in [-0.39, 0.29) is 61.8 Å². The summed E-state index contributed by atoms with van der Waals surface area (Å²) in [5.41, 5.74) is 16.6. The van der Waals surface area contributed by atoms with Gasteiger partial charge in [-0.3, -0.25) is 0 Å². The molecule has 0 aromatic heterocycles. The zero-order valence-corrected chi connectivity index (χ0v) is 32.3. The maximum Gasteiger partial charge on any atom is 2.00 e. The minimum atomic E-state index is 0. The van der Waals surface area contributed by atoms with Crippen LogP contribution in [0, 0.1) is 0 Å².